The van der Waals surface area contributed by atoms with Crippen molar-refractivity contribution in [3.63, 3.8) is 0 Å². The number of ketones is 1. The van der Waals surface area contributed by atoms with Crippen LogP contribution in [0.4, 0.5) is 17.1 Å². The number of nitro benzene ring substituents is 1. The molecule has 5 rings (SSSR count). The Labute approximate surface area is 212 Å². The first-order chi connectivity index (χ1) is 17.2. The number of Topliss-reactive ketones (excluding diaryl/α,β-unsaturated/α-hetero) is 1. The number of rotatable bonds is 5. The summed E-state index contributed by atoms with van der Waals surface area (Å²) in [5.74, 6) is -0.253. The molecule has 8 nitrogen and oxygen atoms in total. The van der Waals surface area contributed by atoms with Gasteiger partial charge in [0.05, 0.1) is 22.3 Å². The number of nitro groups is 1. The van der Waals surface area contributed by atoms with Gasteiger partial charge in [0, 0.05) is 34.7 Å². The number of thiophene rings is 1. The number of nitrogens with one attached hydrogen (secondary N) is 1. The molecule has 1 atom stereocenters. The minimum Gasteiger partial charge on any atom is -0.425 e. The number of benzene rings is 2. The Hall–Kier alpha value is -3.98. The van der Waals surface area contributed by atoms with E-state index in [9.17, 15) is 19.7 Å². The van der Waals surface area contributed by atoms with Gasteiger partial charge in [0.25, 0.3) is 5.69 Å². The van der Waals surface area contributed by atoms with E-state index in [4.69, 9.17) is 4.74 Å². The van der Waals surface area contributed by atoms with Gasteiger partial charge in [-0.2, -0.15) is 0 Å². The molecule has 1 aliphatic heterocycles. The molecule has 0 spiro atoms. The van der Waals surface area contributed by atoms with Gasteiger partial charge in [0.1, 0.15) is 12.3 Å². The van der Waals surface area contributed by atoms with Crippen LogP contribution in [0.15, 0.2) is 77.3 Å². The van der Waals surface area contributed by atoms with E-state index in [0.29, 0.717) is 18.4 Å². The Morgan fingerprint density at radius 1 is 1.14 bits per heavy atom. The van der Waals surface area contributed by atoms with Crippen LogP contribution in [0, 0.1) is 15.5 Å². The first-order valence-corrected chi connectivity index (χ1v) is 12.5. The van der Waals surface area contributed by atoms with E-state index in [1.165, 1.54) is 35.6 Å². The maximum absolute atomic E-state index is 13.6. The molecule has 1 aliphatic carbocycles. The molecule has 1 aromatic heterocycles. The highest BCUT2D eigenvalue weighted by molar-refractivity contribution is 7.10. The van der Waals surface area contributed by atoms with Crippen LogP contribution >= 0.6 is 11.3 Å². The third kappa shape index (κ3) is 4.61. The SMILES string of the molecule is CC1(C)CC(=O)C2=C(C1)Nc1ccccc1N(CC(=O)Oc1ccc([N+](=O)[O-])cc1)[C@H]2c1cccs1. The van der Waals surface area contributed by atoms with Gasteiger partial charge in [-0.15, -0.1) is 11.3 Å². The number of allylic oxidation sites excluding steroid dienone is 1. The average Bonchev–Trinajstić information content (AvgIpc) is 3.31. The molecule has 0 radical (unpaired) electrons. The summed E-state index contributed by atoms with van der Waals surface area (Å²) < 4.78 is 5.55. The predicted octanol–water partition coefficient (Wildman–Crippen LogP) is 5.88. The molecular weight excluding hydrogens is 478 g/mol. The van der Waals surface area contributed by atoms with E-state index in [1.54, 1.807) is 0 Å². The molecule has 3 aromatic rings. The third-order valence-electron chi connectivity index (χ3n) is 6.40. The molecular formula is C27H25N3O5S. The molecule has 36 heavy (non-hydrogen) atoms. The topological polar surface area (TPSA) is 102 Å². The van der Waals surface area contributed by atoms with Gasteiger partial charge in [-0.25, -0.2) is 4.79 Å². The second kappa shape index (κ2) is 9.23. The summed E-state index contributed by atoms with van der Waals surface area (Å²) in [4.78, 5) is 40.0. The van der Waals surface area contributed by atoms with Crippen LogP contribution in [0.5, 0.6) is 5.75 Å². The van der Waals surface area contributed by atoms with Gasteiger partial charge in [-0.1, -0.05) is 32.0 Å². The Bertz CT molecular complexity index is 1360. The van der Waals surface area contributed by atoms with E-state index in [1.807, 2.05) is 46.7 Å². The Morgan fingerprint density at radius 3 is 2.58 bits per heavy atom. The zero-order valence-electron chi connectivity index (χ0n) is 19.9. The van der Waals surface area contributed by atoms with Crippen LogP contribution in [-0.2, 0) is 9.59 Å². The van der Waals surface area contributed by atoms with Crippen molar-refractivity contribution in [2.45, 2.75) is 32.7 Å². The lowest BCUT2D eigenvalue weighted by molar-refractivity contribution is -0.384. The molecule has 1 N–H and O–H groups in total. The van der Waals surface area contributed by atoms with Crippen LogP contribution < -0.4 is 15.0 Å². The van der Waals surface area contributed by atoms with E-state index in [2.05, 4.69) is 19.2 Å². The van der Waals surface area contributed by atoms with Crippen LogP contribution in [0.3, 0.4) is 0 Å². The van der Waals surface area contributed by atoms with E-state index in [-0.39, 0.29) is 29.2 Å². The van der Waals surface area contributed by atoms with Crippen molar-refractivity contribution in [1.29, 1.82) is 0 Å². The number of fused-ring (bicyclic) bond motifs is 1. The van der Waals surface area contributed by atoms with Crippen molar-refractivity contribution in [3.05, 3.63) is 92.3 Å². The van der Waals surface area contributed by atoms with Crippen LogP contribution in [0.25, 0.3) is 0 Å². The van der Waals surface area contributed by atoms with Crippen molar-refractivity contribution in [2.75, 3.05) is 16.8 Å². The van der Waals surface area contributed by atoms with E-state index < -0.39 is 16.9 Å². The smallest absolute Gasteiger partial charge is 0.330 e. The lowest BCUT2D eigenvalue weighted by atomic mass is 9.74. The van der Waals surface area contributed by atoms with Crippen LogP contribution in [0.2, 0.25) is 0 Å². The van der Waals surface area contributed by atoms with Gasteiger partial charge in [0.2, 0.25) is 0 Å². The molecule has 2 aromatic carbocycles. The Morgan fingerprint density at radius 2 is 1.89 bits per heavy atom. The van der Waals surface area contributed by atoms with Crippen molar-refractivity contribution in [1.82, 2.24) is 0 Å². The van der Waals surface area contributed by atoms with Crippen molar-refractivity contribution >= 4 is 40.2 Å². The lowest BCUT2D eigenvalue weighted by Crippen LogP contribution is -2.39. The van der Waals surface area contributed by atoms with Gasteiger partial charge in [0.15, 0.2) is 5.78 Å². The fraction of sp³-hybridized carbons (Fsp3) is 0.259. The monoisotopic (exact) mass is 503 g/mol. The Balaban J connectivity index is 1.55. The number of non-ortho nitro benzene ring substituents is 1. The number of hydrogen-bond acceptors (Lipinski definition) is 8. The second-order valence-corrected chi connectivity index (χ2v) is 10.7. The Kier molecular flexibility index (Phi) is 6.09. The average molecular weight is 504 g/mol. The number of anilines is 2. The van der Waals surface area contributed by atoms with Gasteiger partial charge >= 0.3 is 5.97 Å². The summed E-state index contributed by atoms with van der Waals surface area (Å²) in [6.07, 6.45) is 1.14. The van der Waals surface area contributed by atoms with Crippen molar-refractivity contribution < 1.29 is 19.2 Å². The largest absolute Gasteiger partial charge is 0.425 e. The standard InChI is InChI=1S/C27H25N3O5S/c1-27(2)14-20-25(22(31)15-27)26(23-8-5-13-36-23)29(21-7-4-3-6-19(21)28-20)16-24(32)35-18-11-9-17(10-12-18)30(33)34/h3-13,26,28H,14-16H2,1-2H3/t26-/m0/s1. The fourth-order valence-corrected chi connectivity index (χ4v) is 5.75. The second-order valence-electron chi connectivity index (χ2n) is 9.75. The fourth-order valence-electron chi connectivity index (χ4n) is 4.91. The number of nitrogens with zero attached hydrogens (tertiary/aromatic N) is 2. The lowest BCUT2D eigenvalue weighted by Gasteiger charge is -2.37. The molecule has 0 amide bonds. The summed E-state index contributed by atoms with van der Waals surface area (Å²) >= 11 is 1.54. The molecule has 0 saturated carbocycles. The number of carbonyl (C=O) groups is 2. The summed E-state index contributed by atoms with van der Waals surface area (Å²) in [6, 6.07) is 16.5. The van der Waals surface area contributed by atoms with Crippen LogP contribution in [-0.4, -0.2) is 23.2 Å². The first-order valence-electron chi connectivity index (χ1n) is 11.6. The summed E-state index contributed by atoms with van der Waals surface area (Å²) in [7, 11) is 0. The highest BCUT2D eigenvalue weighted by atomic mass is 32.1. The molecule has 2 aliphatic rings. The minimum absolute atomic E-state index is 0.0636. The van der Waals surface area contributed by atoms with E-state index >= 15 is 0 Å². The van der Waals surface area contributed by atoms with Crippen LogP contribution in [0.1, 0.15) is 37.6 Å². The zero-order chi connectivity index (χ0) is 25.4. The number of carbonyl (C=O) groups excluding carboxylic acids is 2. The highest BCUT2D eigenvalue weighted by Gasteiger charge is 2.42. The maximum atomic E-state index is 13.6. The highest BCUT2D eigenvalue weighted by Crippen LogP contribution is 2.48. The first kappa shape index (κ1) is 23.7. The molecule has 0 unspecified atom stereocenters. The quantitative estimate of drug-likeness (QED) is 0.201. The summed E-state index contributed by atoms with van der Waals surface area (Å²) in [6.45, 7) is 4.06. The van der Waals surface area contributed by atoms with Gasteiger partial charge in [-0.3, -0.25) is 14.9 Å². The molecule has 0 bridgehead atoms. The third-order valence-corrected chi connectivity index (χ3v) is 7.32. The number of hydrogen-bond donors (Lipinski definition) is 1. The number of para-hydroxylation sites is 2. The summed E-state index contributed by atoms with van der Waals surface area (Å²) in [5, 5.41) is 16.4. The molecule has 184 valence electrons. The minimum atomic E-state index is -0.534. The molecule has 9 heteroatoms. The van der Waals surface area contributed by atoms with E-state index in [0.717, 1.165) is 21.9 Å². The normalized spacial score (nSPS) is 18.6. The molecule has 0 saturated heterocycles. The van der Waals surface area contributed by atoms with Crippen molar-refractivity contribution in [2.24, 2.45) is 5.41 Å². The zero-order valence-corrected chi connectivity index (χ0v) is 20.7. The van der Waals surface area contributed by atoms with Gasteiger partial charge < -0.3 is 15.0 Å². The predicted molar refractivity (Wildman–Crippen MR) is 138 cm³/mol. The summed E-state index contributed by atoms with van der Waals surface area (Å²) in [5.41, 5.74) is 2.90. The van der Waals surface area contributed by atoms with Gasteiger partial charge in [-0.05, 0) is 47.5 Å². The van der Waals surface area contributed by atoms with Crippen molar-refractivity contribution in [3.8, 4) is 5.75 Å². The molecule has 2 heterocycles. The molecule has 0 fully saturated rings. The number of ether oxygens (including phenoxy) is 1. The maximum Gasteiger partial charge on any atom is 0.330 e. The number of esters is 1.